The maximum Gasteiger partial charge on any atom is 0.261 e. The Hall–Kier alpha value is -2.05. The third kappa shape index (κ3) is 4.03. The van der Waals surface area contributed by atoms with Gasteiger partial charge in [0, 0.05) is 31.1 Å². The lowest BCUT2D eigenvalue weighted by atomic mass is 9.99. The second-order valence-electron chi connectivity index (χ2n) is 7.52. The van der Waals surface area contributed by atoms with Crippen molar-refractivity contribution in [3.05, 3.63) is 44.6 Å². The summed E-state index contributed by atoms with van der Waals surface area (Å²) in [6.45, 7) is 3.39. The SMILES string of the molecule is COc1cc2c(cc1OC)CN(CCNC(=O)c1cc3c(s1)CCCC3)CC2. The van der Waals surface area contributed by atoms with E-state index >= 15 is 0 Å². The molecule has 2 heterocycles. The Bertz CT molecular complexity index is 838. The van der Waals surface area contributed by atoms with Gasteiger partial charge in [-0.3, -0.25) is 9.69 Å². The number of nitrogens with zero attached hydrogens (tertiary/aromatic N) is 1. The molecule has 6 heteroatoms. The van der Waals surface area contributed by atoms with E-state index in [0.29, 0.717) is 6.54 Å². The number of thiophene rings is 1. The molecule has 2 aromatic rings. The number of nitrogens with one attached hydrogen (secondary N) is 1. The van der Waals surface area contributed by atoms with Crippen LogP contribution in [0.4, 0.5) is 0 Å². The van der Waals surface area contributed by atoms with Crippen molar-refractivity contribution in [1.29, 1.82) is 0 Å². The molecule has 1 aliphatic carbocycles. The van der Waals surface area contributed by atoms with Crippen LogP contribution in [0.3, 0.4) is 0 Å². The maximum atomic E-state index is 12.5. The Balaban J connectivity index is 1.31. The first-order valence-electron chi connectivity index (χ1n) is 10.0. The summed E-state index contributed by atoms with van der Waals surface area (Å²) >= 11 is 1.68. The first-order chi connectivity index (χ1) is 13.7. The minimum absolute atomic E-state index is 0.0724. The summed E-state index contributed by atoms with van der Waals surface area (Å²) in [5.41, 5.74) is 3.99. The summed E-state index contributed by atoms with van der Waals surface area (Å²) in [5.74, 6) is 1.64. The number of carbonyl (C=O) groups is 1. The van der Waals surface area contributed by atoms with Crippen LogP contribution in [0, 0.1) is 0 Å². The molecule has 0 fully saturated rings. The molecular weight excluding hydrogens is 372 g/mol. The van der Waals surface area contributed by atoms with Crippen molar-refractivity contribution in [2.75, 3.05) is 33.9 Å². The number of hydrogen-bond donors (Lipinski definition) is 1. The molecular formula is C22H28N2O3S. The van der Waals surface area contributed by atoms with Gasteiger partial charge in [-0.25, -0.2) is 0 Å². The van der Waals surface area contributed by atoms with Gasteiger partial charge in [0.05, 0.1) is 19.1 Å². The molecule has 5 nitrogen and oxygen atoms in total. The zero-order valence-corrected chi connectivity index (χ0v) is 17.5. The third-order valence-corrected chi connectivity index (χ3v) is 6.97. The second kappa shape index (κ2) is 8.53. The molecule has 1 aromatic heterocycles. The van der Waals surface area contributed by atoms with Gasteiger partial charge in [0.2, 0.25) is 0 Å². The minimum atomic E-state index is 0.0724. The molecule has 0 bridgehead atoms. The van der Waals surface area contributed by atoms with Crippen LogP contribution < -0.4 is 14.8 Å². The number of amides is 1. The Labute approximate surface area is 170 Å². The number of benzene rings is 1. The Morgan fingerprint density at radius 1 is 1.04 bits per heavy atom. The van der Waals surface area contributed by atoms with Crippen molar-refractivity contribution in [2.24, 2.45) is 0 Å². The van der Waals surface area contributed by atoms with Gasteiger partial charge in [-0.2, -0.15) is 0 Å². The van der Waals surface area contributed by atoms with Gasteiger partial charge in [0.1, 0.15) is 0 Å². The minimum Gasteiger partial charge on any atom is -0.493 e. The standard InChI is InChI=1S/C22H28N2O3S/c1-26-18-11-15-7-9-24(14-17(15)12-19(18)27-2)10-8-23-22(25)21-13-16-5-3-4-6-20(16)28-21/h11-13H,3-10,14H2,1-2H3,(H,23,25). The number of carbonyl (C=O) groups excluding carboxylic acids is 1. The summed E-state index contributed by atoms with van der Waals surface area (Å²) in [7, 11) is 3.34. The van der Waals surface area contributed by atoms with E-state index in [0.717, 1.165) is 55.3 Å². The Morgan fingerprint density at radius 3 is 2.54 bits per heavy atom. The molecule has 0 radical (unpaired) electrons. The monoisotopic (exact) mass is 400 g/mol. The van der Waals surface area contributed by atoms with Gasteiger partial charge in [-0.1, -0.05) is 0 Å². The Morgan fingerprint density at radius 2 is 1.79 bits per heavy atom. The van der Waals surface area contributed by atoms with E-state index in [1.165, 1.54) is 34.4 Å². The smallest absolute Gasteiger partial charge is 0.261 e. The normalized spacial score (nSPS) is 16.2. The summed E-state index contributed by atoms with van der Waals surface area (Å²) < 4.78 is 10.8. The first-order valence-corrected chi connectivity index (χ1v) is 10.9. The fourth-order valence-electron chi connectivity index (χ4n) is 4.15. The average molecular weight is 401 g/mol. The average Bonchev–Trinajstić information content (AvgIpc) is 3.17. The molecule has 0 saturated carbocycles. The number of ether oxygens (including phenoxy) is 2. The maximum absolute atomic E-state index is 12.5. The zero-order chi connectivity index (χ0) is 19.5. The number of fused-ring (bicyclic) bond motifs is 2. The van der Waals surface area contributed by atoms with Gasteiger partial charge in [-0.05, 0) is 67.0 Å². The van der Waals surface area contributed by atoms with Gasteiger partial charge in [0.15, 0.2) is 11.5 Å². The third-order valence-electron chi connectivity index (χ3n) is 5.73. The predicted octanol–water partition coefficient (Wildman–Crippen LogP) is 3.43. The molecule has 1 aromatic carbocycles. The van der Waals surface area contributed by atoms with Gasteiger partial charge >= 0.3 is 0 Å². The van der Waals surface area contributed by atoms with Crippen LogP contribution in [0.5, 0.6) is 11.5 Å². The molecule has 0 saturated heterocycles. The first kappa shape index (κ1) is 19.3. The highest BCUT2D eigenvalue weighted by Gasteiger charge is 2.20. The van der Waals surface area contributed by atoms with Crippen LogP contribution in [0.1, 0.15) is 44.1 Å². The highest BCUT2D eigenvalue weighted by molar-refractivity contribution is 7.14. The highest BCUT2D eigenvalue weighted by Crippen LogP contribution is 2.33. The van der Waals surface area contributed by atoms with Crippen LogP contribution in [-0.2, 0) is 25.8 Å². The van der Waals surface area contributed by atoms with E-state index in [1.807, 2.05) is 0 Å². The lowest BCUT2D eigenvalue weighted by molar-refractivity contribution is 0.0951. The molecule has 4 rings (SSSR count). The van der Waals surface area contributed by atoms with Crippen molar-refractivity contribution in [1.82, 2.24) is 10.2 Å². The van der Waals surface area contributed by atoms with E-state index in [1.54, 1.807) is 25.6 Å². The molecule has 1 N–H and O–H groups in total. The van der Waals surface area contributed by atoms with E-state index in [4.69, 9.17) is 9.47 Å². The largest absolute Gasteiger partial charge is 0.493 e. The molecule has 28 heavy (non-hydrogen) atoms. The van der Waals surface area contributed by atoms with E-state index < -0.39 is 0 Å². The lowest BCUT2D eigenvalue weighted by Gasteiger charge is -2.29. The summed E-state index contributed by atoms with van der Waals surface area (Å²) in [6, 6.07) is 6.27. The summed E-state index contributed by atoms with van der Waals surface area (Å²) in [4.78, 5) is 17.2. The van der Waals surface area contributed by atoms with Crippen LogP contribution in [-0.4, -0.2) is 44.7 Å². The fraction of sp³-hybridized carbons (Fsp3) is 0.500. The number of aryl methyl sites for hydroxylation is 2. The van der Waals surface area contributed by atoms with Gasteiger partial charge in [0.25, 0.3) is 5.91 Å². The highest BCUT2D eigenvalue weighted by atomic mass is 32.1. The van der Waals surface area contributed by atoms with Crippen LogP contribution in [0.25, 0.3) is 0 Å². The van der Waals surface area contributed by atoms with E-state index in [-0.39, 0.29) is 5.91 Å². The molecule has 1 aliphatic heterocycles. The van der Waals surface area contributed by atoms with Gasteiger partial charge in [-0.15, -0.1) is 11.3 Å². The quantitative estimate of drug-likeness (QED) is 0.807. The second-order valence-corrected chi connectivity index (χ2v) is 8.66. The zero-order valence-electron chi connectivity index (χ0n) is 16.7. The van der Waals surface area contributed by atoms with Crippen molar-refractivity contribution in [3.63, 3.8) is 0 Å². The lowest BCUT2D eigenvalue weighted by Crippen LogP contribution is -2.37. The fourth-order valence-corrected chi connectivity index (χ4v) is 5.32. The number of methoxy groups -OCH3 is 2. The molecule has 1 amide bonds. The van der Waals surface area contributed by atoms with Crippen molar-refractivity contribution in [3.8, 4) is 11.5 Å². The molecule has 0 spiro atoms. The Kier molecular flexibility index (Phi) is 5.87. The van der Waals surface area contributed by atoms with E-state index in [2.05, 4.69) is 28.4 Å². The number of hydrogen-bond acceptors (Lipinski definition) is 5. The van der Waals surface area contributed by atoms with Gasteiger partial charge < -0.3 is 14.8 Å². The topological polar surface area (TPSA) is 50.8 Å². The van der Waals surface area contributed by atoms with Crippen LogP contribution in [0.15, 0.2) is 18.2 Å². The summed E-state index contributed by atoms with van der Waals surface area (Å²) in [6.07, 6.45) is 5.75. The molecule has 0 atom stereocenters. The van der Waals surface area contributed by atoms with Crippen LogP contribution in [0.2, 0.25) is 0 Å². The van der Waals surface area contributed by atoms with Crippen molar-refractivity contribution in [2.45, 2.75) is 38.6 Å². The van der Waals surface area contributed by atoms with E-state index in [9.17, 15) is 4.79 Å². The molecule has 2 aliphatic rings. The van der Waals surface area contributed by atoms with Crippen molar-refractivity contribution < 1.29 is 14.3 Å². The predicted molar refractivity (Wildman–Crippen MR) is 112 cm³/mol. The summed E-state index contributed by atoms with van der Waals surface area (Å²) in [5, 5.41) is 3.11. The van der Waals surface area contributed by atoms with Crippen LogP contribution >= 0.6 is 11.3 Å². The molecule has 150 valence electrons. The number of rotatable bonds is 6. The molecule has 0 unspecified atom stereocenters. The van der Waals surface area contributed by atoms with Crippen molar-refractivity contribution >= 4 is 17.2 Å².